The van der Waals surface area contributed by atoms with Crippen LogP contribution < -0.4 is 5.32 Å². The van der Waals surface area contributed by atoms with Crippen LogP contribution in [-0.4, -0.2) is 15.7 Å². The minimum absolute atomic E-state index is 0.192. The largest absolute Gasteiger partial charge is 0.309 e. The highest BCUT2D eigenvalue weighted by Crippen LogP contribution is 2.40. The molecule has 5 nitrogen and oxygen atoms in total. The van der Waals surface area contributed by atoms with Crippen molar-refractivity contribution < 1.29 is 4.79 Å². The standard InChI is InChI=1S/C14H11Cl3N4O/c1-2-3-11(22)19-14-9(6-21(7-18)20-14)8-4-5-10(15)13(17)12(8)16/h4-6H,2-3H2,1H3,(H,19,20,22). The topological polar surface area (TPSA) is 70.7 Å². The van der Waals surface area contributed by atoms with Gasteiger partial charge in [0.2, 0.25) is 12.1 Å². The second-order valence-electron chi connectivity index (χ2n) is 4.46. The number of aromatic nitrogens is 2. The van der Waals surface area contributed by atoms with E-state index in [9.17, 15) is 4.79 Å². The molecule has 0 fully saturated rings. The molecule has 0 saturated carbocycles. The number of nitrogens with zero attached hydrogens (tertiary/aromatic N) is 3. The van der Waals surface area contributed by atoms with Crippen molar-refractivity contribution in [3.05, 3.63) is 33.4 Å². The van der Waals surface area contributed by atoms with Crippen molar-refractivity contribution in [1.82, 2.24) is 9.78 Å². The zero-order valence-electron chi connectivity index (χ0n) is 11.5. The van der Waals surface area contributed by atoms with Crippen LogP contribution in [0, 0.1) is 11.5 Å². The van der Waals surface area contributed by atoms with Crippen LogP contribution in [-0.2, 0) is 4.79 Å². The average molecular weight is 358 g/mol. The molecule has 2 aromatic rings. The van der Waals surface area contributed by atoms with Crippen LogP contribution in [0.3, 0.4) is 0 Å². The zero-order valence-corrected chi connectivity index (χ0v) is 13.8. The number of rotatable bonds is 4. The van der Waals surface area contributed by atoms with Gasteiger partial charge < -0.3 is 5.32 Å². The van der Waals surface area contributed by atoms with Crippen LogP contribution in [0.5, 0.6) is 0 Å². The van der Waals surface area contributed by atoms with E-state index in [2.05, 4.69) is 10.4 Å². The molecule has 0 bridgehead atoms. The zero-order chi connectivity index (χ0) is 16.3. The van der Waals surface area contributed by atoms with Gasteiger partial charge in [0, 0.05) is 17.5 Å². The third-order valence-corrected chi connectivity index (χ3v) is 4.17. The van der Waals surface area contributed by atoms with Crippen molar-refractivity contribution in [3.8, 4) is 17.3 Å². The van der Waals surface area contributed by atoms with E-state index in [1.807, 2.05) is 13.1 Å². The van der Waals surface area contributed by atoms with E-state index in [0.717, 1.165) is 4.68 Å². The first-order chi connectivity index (χ1) is 10.5. The summed E-state index contributed by atoms with van der Waals surface area (Å²) in [5, 5.41) is 16.4. The summed E-state index contributed by atoms with van der Waals surface area (Å²) in [6.07, 6.45) is 4.38. The van der Waals surface area contributed by atoms with E-state index in [1.165, 1.54) is 6.20 Å². The van der Waals surface area contributed by atoms with E-state index in [1.54, 1.807) is 12.1 Å². The van der Waals surface area contributed by atoms with Gasteiger partial charge in [-0.2, -0.15) is 9.94 Å². The van der Waals surface area contributed by atoms with Gasteiger partial charge in [0.1, 0.15) is 0 Å². The van der Waals surface area contributed by atoms with Gasteiger partial charge in [-0.05, 0) is 12.5 Å². The van der Waals surface area contributed by atoms with Crippen LogP contribution in [0.15, 0.2) is 18.3 Å². The molecule has 114 valence electrons. The molecule has 0 aliphatic heterocycles. The second-order valence-corrected chi connectivity index (χ2v) is 5.62. The Balaban J connectivity index is 2.51. The van der Waals surface area contributed by atoms with Gasteiger partial charge >= 0.3 is 0 Å². The SMILES string of the molecule is CCCC(=O)Nc1nn(C#N)cc1-c1ccc(Cl)c(Cl)c1Cl. The molecule has 0 aliphatic rings. The fourth-order valence-corrected chi connectivity index (χ4v) is 2.51. The minimum Gasteiger partial charge on any atom is -0.309 e. The van der Waals surface area contributed by atoms with Gasteiger partial charge in [-0.1, -0.05) is 47.8 Å². The maximum absolute atomic E-state index is 11.8. The second kappa shape index (κ2) is 7.01. The Bertz CT molecular complexity index is 764. The lowest BCUT2D eigenvalue weighted by Gasteiger charge is -2.08. The Morgan fingerprint density at radius 2 is 2.05 bits per heavy atom. The summed E-state index contributed by atoms with van der Waals surface area (Å²) in [7, 11) is 0. The molecule has 1 amide bonds. The quantitative estimate of drug-likeness (QED) is 0.814. The van der Waals surface area contributed by atoms with Crippen molar-refractivity contribution >= 4 is 46.5 Å². The highest BCUT2D eigenvalue weighted by molar-refractivity contribution is 6.49. The number of nitriles is 1. The lowest BCUT2D eigenvalue weighted by molar-refractivity contribution is -0.116. The Labute approximate surface area is 142 Å². The number of carbonyl (C=O) groups is 1. The van der Waals surface area contributed by atoms with Crippen molar-refractivity contribution in [1.29, 1.82) is 5.26 Å². The molecule has 0 aliphatic carbocycles. The number of carbonyl (C=O) groups excluding carboxylic acids is 1. The molecule has 2 rings (SSSR count). The van der Waals surface area contributed by atoms with Gasteiger partial charge in [0.25, 0.3) is 0 Å². The Kier molecular flexibility index (Phi) is 5.30. The fourth-order valence-electron chi connectivity index (χ4n) is 1.87. The summed E-state index contributed by atoms with van der Waals surface area (Å²) in [5.74, 6) is 0.0587. The van der Waals surface area contributed by atoms with Crippen LogP contribution >= 0.6 is 34.8 Å². The van der Waals surface area contributed by atoms with E-state index >= 15 is 0 Å². The molecule has 0 radical (unpaired) electrons. The normalized spacial score (nSPS) is 10.3. The van der Waals surface area contributed by atoms with Gasteiger partial charge in [-0.3, -0.25) is 4.79 Å². The first kappa shape index (κ1) is 16.6. The number of hydrogen-bond acceptors (Lipinski definition) is 3. The molecular weight excluding hydrogens is 347 g/mol. The predicted octanol–water partition coefficient (Wildman–Crippen LogP) is 4.58. The Morgan fingerprint density at radius 1 is 1.32 bits per heavy atom. The van der Waals surface area contributed by atoms with Crippen molar-refractivity contribution in [2.75, 3.05) is 5.32 Å². The maximum Gasteiger partial charge on any atom is 0.225 e. The first-order valence-electron chi connectivity index (χ1n) is 6.41. The molecule has 1 aromatic carbocycles. The smallest absolute Gasteiger partial charge is 0.225 e. The third-order valence-electron chi connectivity index (χ3n) is 2.88. The molecule has 0 saturated heterocycles. The number of halogens is 3. The summed E-state index contributed by atoms with van der Waals surface area (Å²) < 4.78 is 1.04. The number of nitrogens with one attached hydrogen (secondary N) is 1. The summed E-state index contributed by atoms with van der Waals surface area (Å²) in [5.41, 5.74) is 1.03. The maximum atomic E-state index is 11.8. The van der Waals surface area contributed by atoms with E-state index in [-0.39, 0.29) is 21.8 Å². The van der Waals surface area contributed by atoms with Crippen LogP contribution in [0.2, 0.25) is 15.1 Å². The summed E-state index contributed by atoms with van der Waals surface area (Å²) in [6.45, 7) is 1.89. The predicted molar refractivity (Wildman–Crippen MR) is 87.2 cm³/mol. The fraction of sp³-hybridized carbons (Fsp3) is 0.214. The van der Waals surface area contributed by atoms with Crippen molar-refractivity contribution in [3.63, 3.8) is 0 Å². The number of anilines is 1. The minimum atomic E-state index is -0.192. The van der Waals surface area contributed by atoms with Crippen LogP contribution in [0.4, 0.5) is 5.82 Å². The van der Waals surface area contributed by atoms with Gasteiger partial charge in [0.15, 0.2) is 5.82 Å². The molecule has 1 aromatic heterocycles. The first-order valence-corrected chi connectivity index (χ1v) is 7.54. The Hall–Kier alpha value is -1.74. The van der Waals surface area contributed by atoms with E-state index < -0.39 is 0 Å². The highest BCUT2D eigenvalue weighted by atomic mass is 35.5. The highest BCUT2D eigenvalue weighted by Gasteiger charge is 2.18. The number of benzene rings is 1. The van der Waals surface area contributed by atoms with Gasteiger partial charge in [0.05, 0.1) is 21.3 Å². The Morgan fingerprint density at radius 3 is 2.68 bits per heavy atom. The molecule has 0 spiro atoms. The molecule has 1 heterocycles. The number of amides is 1. The van der Waals surface area contributed by atoms with E-state index in [4.69, 9.17) is 40.1 Å². The number of hydrogen-bond donors (Lipinski definition) is 1. The molecular formula is C14H11Cl3N4O. The lowest BCUT2D eigenvalue weighted by Crippen LogP contribution is -2.12. The average Bonchev–Trinajstić information content (AvgIpc) is 2.88. The van der Waals surface area contributed by atoms with Gasteiger partial charge in [-0.25, -0.2) is 0 Å². The summed E-state index contributed by atoms with van der Waals surface area (Å²) in [6, 6.07) is 3.25. The van der Waals surface area contributed by atoms with Crippen molar-refractivity contribution in [2.24, 2.45) is 0 Å². The molecule has 8 heteroatoms. The van der Waals surface area contributed by atoms with Crippen molar-refractivity contribution in [2.45, 2.75) is 19.8 Å². The van der Waals surface area contributed by atoms with E-state index in [0.29, 0.717) is 29.0 Å². The van der Waals surface area contributed by atoms with Gasteiger partial charge in [-0.15, -0.1) is 5.10 Å². The molecule has 1 N–H and O–H groups in total. The van der Waals surface area contributed by atoms with Crippen LogP contribution in [0.1, 0.15) is 19.8 Å². The third kappa shape index (κ3) is 3.36. The lowest BCUT2D eigenvalue weighted by atomic mass is 10.1. The summed E-state index contributed by atoms with van der Waals surface area (Å²) >= 11 is 18.2. The summed E-state index contributed by atoms with van der Waals surface area (Å²) in [4.78, 5) is 11.8. The van der Waals surface area contributed by atoms with Crippen LogP contribution in [0.25, 0.3) is 11.1 Å². The monoisotopic (exact) mass is 356 g/mol. The molecule has 22 heavy (non-hydrogen) atoms. The molecule has 0 unspecified atom stereocenters. The molecule has 0 atom stereocenters.